The fraction of sp³-hybridized carbons (Fsp3) is 0.538. The van der Waals surface area contributed by atoms with Crippen LogP contribution in [-0.4, -0.2) is 22.1 Å². The van der Waals surface area contributed by atoms with E-state index in [1.54, 1.807) is 0 Å². The van der Waals surface area contributed by atoms with Gasteiger partial charge in [-0.2, -0.15) is 48.3 Å². The van der Waals surface area contributed by atoms with Gasteiger partial charge in [0.25, 0.3) is 0 Å². The maximum atomic E-state index is 14.8. The van der Waals surface area contributed by atoms with Crippen molar-refractivity contribution in [2.24, 2.45) is 0 Å². The SMILES string of the molecule is FC(F)(F)c1cc(Br)c(CC(Cl)(Cl)Cl)c(C(F)(C(F)(F)F)C(F)(F)C(F)(F)F)c1. The third-order valence-corrected chi connectivity index (χ3v) is 4.56. The molecule has 0 spiro atoms. The standard InChI is InChI=1S/C13H4BrCl3F12/c14-7-2-4(10(19,20)21)1-6(5(7)3-8(15,16)17)9(18,12(24,25)26)11(22,23)13(27,28)29/h1-2H,3H2. The van der Waals surface area contributed by atoms with E-state index in [1.165, 1.54) is 0 Å². The van der Waals surface area contributed by atoms with Crippen molar-refractivity contribution in [2.75, 3.05) is 0 Å². The number of benzene rings is 1. The van der Waals surface area contributed by atoms with Gasteiger partial charge in [0.1, 0.15) is 0 Å². The van der Waals surface area contributed by atoms with Gasteiger partial charge in [-0.1, -0.05) is 50.7 Å². The van der Waals surface area contributed by atoms with Gasteiger partial charge in [0.15, 0.2) is 3.79 Å². The molecule has 29 heavy (non-hydrogen) atoms. The molecule has 0 N–H and O–H groups in total. The Morgan fingerprint density at radius 1 is 0.724 bits per heavy atom. The zero-order valence-electron chi connectivity index (χ0n) is 12.9. The first-order valence-electron chi connectivity index (χ1n) is 6.64. The molecule has 1 aromatic rings. The molecule has 168 valence electrons. The summed E-state index contributed by atoms with van der Waals surface area (Å²) >= 11 is 18.1. The van der Waals surface area contributed by atoms with Gasteiger partial charge < -0.3 is 0 Å². The van der Waals surface area contributed by atoms with Crippen molar-refractivity contribution in [2.45, 2.75) is 40.3 Å². The van der Waals surface area contributed by atoms with E-state index in [-0.39, 0.29) is 6.07 Å². The predicted octanol–water partition coefficient (Wildman–Crippen LogP) is 8.31. The van der Waals surface area contributed by atoms with Gasteiger partial charge >= 0.3 is 30.1 Å². The second kappa shape index (κ2) is 7.70. The number of hydrogen-bond donors (Lipinski definition) is 0. The van der Waals surface area contributed by atoms with E-state index in [2.05, 4.69) is 15.9 Å². The summed E-state index contributed by atoms with van der Waals surface area (Å²) in [4.78, 5) is 0. The van der Waals surface area contributed by atoms with Crippen LogP contribution in [0.4, 0.5) is 52.7 Å². The molecule has 0 aromatic heterocycles. The van der Waals surface area contributed by atoms with E-state index in [0.717, 1.165) is 0 Å². The summed E-state index contributed by atoms with van der Waals surface area (Å²) in [5.41, 5.74) is -13.0. The summed E-state index contributed by atoms with van der Waals surface area (Å²) in [7, 11) is 0. The van der Waals surface area contributed by atoms with Gasteiger partial charge in [0.2, 0.25) is 0 Å². The molecule has 0 saturated carbocycles. The third kappa shape index (κ3) is 5.15. The summed E-state index contributed by atoms with van der Waals surface area (Å²) < 4.78 is 155. The number of alkyl halides is 15. The lowest BCUT2D eigenvalue weighted by Crippen LogP contribution is -2.60. The molecule has 0 radical (unpaired) electrons. The number of rotatable bonds is 3. The lowest BCUT2D eigenvalue weighted by atomic mass is 9.83. The highest BCUT2D eigenvalue weighted by Gasteiger charge is 2.82. The second-order valence-electron chi connectivity index (χ2n) is 5.50. The van der Waals surface area contributed by atoms with Crippen LogP contribution in [0.5, 0.6) is 0 Å². The van der Waals surface area contributed by atoms with E-state index < -0.39 is 67.6 Å². The summed E-state index contributed by atoms with van der Waals surface area (Å²) in [6.07, 6.45) is -21.2. The van der Waals surface area contributed by atoms with Crippen molar-refractivity contribution in [1.82, 2.24) is 0 Å². The zero-order valence-corrected chi connectivity index (χ0v) is 16.8. The summed E-state index contributed by atoms with van der Waals surface area (Å²) in [6.45, 7) is 0. The fourth-order valence-corrected chi connectivity index (χ4v) is 3.18. The number of halogens is 16. The van der Waals surface area contributed by atoms with Crippen LogP contribution in [0.25, 0.3) is 0 Å². The van der Waals surface area contributed by atoms with Crippen LogP contribution in [0, 0.1) is 0 Å². The highest BCUT2D eigenvalue weighted by molar-refractivity contribution is 9.10. The van der Waals surface area contributed by atoms with Crippen LogP contribution in [0.3, 0.4) is 0 Å². The normalized spacial score (nSPS) is 16.7. The average molecular weight is 574 g/mol. The molecule has 1 unspecified atom stereocenters. The molecule has 0 fully saturated rings. The van der Waals surface area contributed by atoms with Crippen LogP contribution in [0.1, 0.15) is 16.7 Å². The van der Waals surface area contributed by atoms with Crippen molar-refractivity contribution < 1.29 is 52.7 Å². The molecule has 0 heterocycles. The van der Waals surface area contributed by atoms with E-state index >= 15 is 0 Å². The zero-order chi connectivity index (χ0) is 23.4. The molecule has 1 rings (SSSR count). The Bertz CT molecular complexity index is 763. The fourth-order valence-electron chi connectivity index (χ4n) is 2.18. The largest absolute Gasteiger partial charge is 0.457 e. The van der Waals surface area contributed by atoms with Crippen molar-refractivity contribution in [1.29, 1.82) is 0 Å². The van der Waals surface area contributed by atoms with E-state index in [4.69, 9.17) is 34.8 Å². The van der Waals surface area contributed by atoms with Gasteiger partial charge in [-0.15, -0.1) is 0 Å². The van der Waals surface area contributed by atoms with Crippen LogP contribution < -0.4 is 0 Å². The molecular formula is C13H4BrCl3F12. The quantitative estimate of drug-likeness (QED) is 0.252. The Labute approximate surface area is 177 Å². The van der Waals surface area contributed by atoms with Crippen molar-refractivity contribution >= 4 is 50.7 Å². The van der Waals surface area contributed by atoms with Gasteiger partial charge in [0, 0.05) is 16.5 Å². The smallest absolute Gasteiger partial charge is 0.221 e. The summed E-state index contributed by atoms with van der Waals surface area (Å²) in [6, 6.07) is -0.818. The Hall–Kier alpha value is -0.270. The van der Waals surface area contributed by atoms with Gasteiger partial charge in [-0.05, 0) is 17.7 Å². The van der Waals surface area contributed by atoms with Gasteiger partial charge in [-0.25, -0.2) is 4.39 Å². The van der Waals surface area contributed by atoms with Crippen LogP contribution >= 0.6 is 50.7 Å². The number of hydrogen-bond acceptors (Lipinski definition) is 0. The second-order valence-corrected chi connectivity index (χ2v) is 8.87. The van der Waals surface area contributed by atoms with Crippen LogP contribution in [0.2, 0.25) is 0 Å². The van der Waals surface area contributed by atoms with Crippen molar-refractivity contribution in [3.05, 3.63) is 33.3 Å². The molecule has 0 aliphatic carbocycles. The lowest BCUT2D eigenvalue weighted by Gasteiger charge is -2.38. The summed E-state index contributed by atoms with van der Waals surface area (Å²) in [5, 5.41) is 0. The predicted molar refractivity (Wildman–Crippen MR) is 83.0 cm³/mol. The lowest BCUT2D eigenvalue weighted by molar-refractivity contribution is -0.389. The Morgan fingerprint density at radius 3 is 1.48 bits per heavy atom. The molecule has 0 amide bonds. The van der Waals surface area contributed by atoms with Crippen molar-refractivity contribution in [3.63, 3.8) is 0 Å². The van der Waals surface area contributed by atoms with E-state index in [9.17, 15) is 52.7 Å². The van der Waals surface area contributed by atoms with Crippen molar-refractivity contribution in [3.8, 4) is 0 Å². The molecule has 0 saturated heterocycles. The molecule has 16 heteroatoms. The van der Waals surface area contributed by atoms with Gasteiger partial charge in [0.05, 0.1) is 5.56 Å². The first kappa shape index (κ1) is 26.8. The minimum absolute atomic E-state index is 0.0117. The average Bonchev–Trinajstić information content (AvgIpc) is 2.43. The summed E-state index contributed by atoms with van der Waals surface area (Å²) in [5.74, 6) is -7.20. The molecule has 1 atom stereocenters. The maximum absolute atomic E-state index is 14.8. The topological polar surface area (TPSA) is 0 Å². The van der Waals surface area contributed by atoms with Crippen LogP contribution in [-0.2, 0) is 18.3 Å². The minimum Gasteiger partial charge on any atom is -0.221 e. The Morgan fingerprint density at radius 2 is 1.17 bits per heavy atom. The third-order valence-electron chi connectivity index (χ3n) is 3.45. The molecule has 1 aromatic carbocycles. The Balaban J connectivity index is 4.14. The molecule has 0 aliphatic rings. The molecule has 0 nitrogen and oxygen atoms in total. The molecular weight excluding hydrogens is 570 g/mol. The maximum Gasteiger partial charge on any atom is 0.457 e. The van der Waals surface area contributed by atoms with E-state index in [1.807, 2.05) is 0 Å². The van der Waals surface area contributed by atoms with Gasteiger partial charge in [-0.3, -0.25) is 0 Å². The minimum atomic E-state index is -7.20. The van der Waals surface area contributed by atoms with E-state index in [0.29, 0.717) is 0 Å². The molecule has 0 bridgehead atoms. The molecule has 0 aliphatic heterocycles. The Kier molecular flexibility index (Phi) is 7.11. The highest BCUT2D eigenvalue weighted by Crippen LogP contribution is 2.60. The first-order chi connectivity index (χ1) is 12.5. The monoisotopic (exact) mass is 572 g/mol. The highest BCUT2D eigenvalue weighted by atomic mass is 79.9. The first-order valence-corrected chi connectivity index (χ1v) is 8.56. The van der Waals surface area contributed by atoms with Crippen LogP contribution in [0.15, 0.2) is 16.6 Å².